The molecule has 2 unspecified atom stereocenters. The minimum atomic E-state index is -5.03. The van der Waals surface area contributed by atoms with Gasteiger partial charge < -0.3 is 24.6 Å². The Morgan fingerprint density at radius 3 is 2.27 bits per heavy atom. The molecule has 0 aliphatic carbocycles. The Kier molecular flexibility index (Phi) is 5.91. The lowest BCUT2D eigenvalue weighted by Crippen LogP contribution is -2.30. The van der Waals surface area contributed by atoms with Crippen molar-refractivity contribution in [2.75, 3.05) is 13.2 Å². The van der Waals surface area contributed by atoms with Crippen LogP contribution in [0.25, 0.3) is 0 Å². The van der Waals surface area contributed by atoms with Gasteiger partial charge in [-0.15, -0.1) is 0 Å². The van der Waals surface area contributed by atoms with Gasteiger partial charge in [0, 0.05) is 0 Å². The molecule has 0 aliphatic heterocycles. The smallest absolute Gasteiger partial charge is 0.394 e. The zero-order chi connectivity index (χ0) is 12.1. The Morgan fingerprint density at radius 2 is 1.87 bits per heavy atom. The molecule has 2 atom stereocenters. The van der Waals surface area contributed by atoms with Gasteiger partial charge in [0.2, 0.25) is 0 Å². The molecule has 0 bridgehead atoms. The molecule has 0 aliphatic rings. The van der Waals surface area contributed by atoms with Crippen LogP contribution in [-0.2, 0) is 18.6 Å². The van der Waals surface area contributed by atoms with Gasteiger partial charge in [-0.1, -0.05) is 0 Å². The minimum Gasteiger partial charge on any atom is -0.394 e. The van der Waals surface area contributed by atoms with E-state index in [4.69, 9.17) is 25.1 Å². The van der Waals surface area contributed by atoms with Gasteiger partial charge >= 0.3 is 13.8 Å². The van der Waals surface area contributed by atoms with Crippen LogP contribution in [0.1, 0.15) is 0 Å². The van der Waals surface area contributed by atoms with Crippen LogP contribution in [-0.4, -0.2) is 56.7 Å². The SMILES string of the molecule is O=C(OP(=O)(O)O)C(O)OCC(O)CO. The number of aliphatic hydroxyl groups is 3. The molecule has 0 radical (unpaired) electrons. The standard InChI is InChI=1S/C5H11O9P/c6-1-3(7)2-13-4(8)5(9)14-15(10,11)12/h3-4,6-8H,1-2H2,(H2,10,11,12). The predicted octanol–water partition coefficient (Wildman–Crippen LogP) is -2.69. The maximum atomic E-state index is 10.6. The third-order valence-electron chi connectivity index (χ3n) is 1.07. The topological polar surface area (TPSA) is 154 Å². The van der Waals surface area contributed by atoms with Gasteiger partial charge in [-0.2, -0.15) is 0 Å². The number of aliphatic hydroxyl groups excluding tert-OH is 3. The molecule has 90 valence electrons. The van der Waals surface area contributed by atoms with Crippen molar-refractivity contribution in [3.63, 3.8) is 0 Å². The van der Waals surface area contributed by atoms with Crippen molar-refractivity contribution in [1.82, 2.24) is 0 Å². The summed E-state index contributed by atoms with van der Waals surface area (Å²) in [4.78, 5) is 27.0. The molecule has 0 heterocycles. The van der Waals surface area contributed by atoms with Gasteiger partial charge in [0.25, 0.3) is 6.29 Å². The van der Waals surface area contributed by atoms with Gasteiger partial charge in [-0.3, -0.25) is 9.79 Å². The Bertz CT molecular complexity index is 247. The molecule has 5 N–H and O–H groups in total. The van der Waals surface area contributed by atoms with E-state index >= 15 is 0 Å². The van der Waals surface area contributed by atoms with Gasteiger partial charge in [-0.25, -0.2) is 9.36 Å². The molecule has 0 amide bonds. The molecular formula is C5H11O9P. The van der Waals surface area contributed by atoms with Crippen LogP contribution < -0.4 is 0 Å². The van der Waals surface area contributed by atoms with Gasteiger partial charge in [-0.05, 0) is 0 Å². The molecule has 0 aromatic heterocycles. The number of hydrogen-bond donors (Lipinski definition) is 5. The number of hydrogen-bond acceptors (Lipinski definition) is 7. The van der Waals surface area contributed by atoms with E-state index in [0.29, 0.717) is 0 Å². The highest BCUT2D eigenvalue weighted by Crippen LogP contribution is 2.36. The maximum Gasteiger partial charge on any atom is 0.527 e. The second kappa shape index (κ2) is 6.13. The number of phosphoric ester groups is 1. The molecule has 0 spiro atoms. The van der Waals surface area contributed by atoms with E-state index in [2.05, 4.69) is 9.26 Å². The highest BCUT2D eigenvalue weighted by atomic mass is 31.2. The molecule has 0 fully saturated rings. The predicted molar refractivity (Wildman–Crippen MR) is 43.2 cm³/mol. The molecule has 0 aromatic carbocycles. The van der Waals surface area contributed by atoms with E-state index in [1.807, 2.05) is 0 Å². The summed E-state index contributed by atoms with van der Waals surface area (Å²) >= 11 is 0. The minimum absolute atomic E-state index is 0.589. The zero-order valence-corrected chi connectivity index (χ0v) is 8.28. The van der Waals surface area contributed by atoms with Crippen molar-refractivity contribution in [2.24, 2.45) is 0 Å². The van der Waals surface area contributed by atoms with E-state index in [1.165, 1.54) is 0 Å². The van der Waals surface area contributed by atoms with E-state index in [-0.39, 0.29) is 0 Å². The van der Waals surface area contributed by atoms with Crippen LogP contribution in [0.4, 0.5) is 0 Å². The fourth-order valence-corrected chi connectivity index (χ4v) is 0.810. The molecule has 0 rings (SSSR count). The van der Waals surface area contributed by atoms with Crippen molar-refractivity contribution in [2.45, 2.75) is 12.4 Å². The summed E-state index contributed by atoms with van der Waals surface area (Å²) in [6.45, 7) is -1.24. The van der Waals surface area contributed by atoms with E-state index in [1.54, 1.807) is 0 Å². The first kappa shape index (κ1) is 14.5. The van der Waals surface area contributed by atoms with Gasteiger partial charge in [0.15, 0.2) is 0 Å². The second-order valence-electron chi connectivity index (χ2n) is 2.42. The summed E-state index contributed by atoms with van der Waals surface area (Å²) < 4.78 is 17.8. The molecule has 0 aromatic rings. The van der Waals surface area contributed by atoms with Crippen molar-refractivity contribution < 1.29 is 43.7 Å². The Labute approximate surface area is 84.1 Å². The molecule has 10 heteroatoms. The van der Waals surface area contributed by atoms with Crippen LogP contribution in [0, 0.1) is 0 Å². The average molecular weight is 246 g/mol. The highest BCUT2D eigenvalue weighted by Gasteiger charge is 2.27. The van der Waals surface area contributed by atoms with E-state index in [9.17, 15) is 9.36 Å². The van der Waals surface area contributed by atoms with Crippen LogP contribution in [0.2, 0.25) is 0 Å². The molecule has 15 heavy (non-hydrogen) atoms. The molecule has 0 saturated heterocycles. The first-order chi connectivity index (χ1) is 6.76. The third-order valence-corrected chi connectivity index (χ3v) is 1.49. The first-order valence-electron chi connectivity index (χ1n) is 3.64. The zero-order valence-electron chi connectivity index (χ0n) is 7.39. The number of carbonyl (C=O) groups is 1. The summed E-state index contributed by atoms with van der Waals surface area (Å²) in [6.07, 6.45) is -3.55. The van der Waals surface area contributed by atoms with Crippen LogP contribution >= 0.6 is 7.82 Å². The fraction of sp³-hybridized carbons (Fsp3) is 0.800. The quantitative estimate of drug-likeness (QED) is 0.249. The lowest BCUT2D eigenvalue weighted by Gasteiger charge is -2.13. The Morgan fingerprint density at radius 1 is 1.33 bits per heavy atom. The Balaban J connectivity index is 3.95. The van der Waals surface area contributed by atoms with Crippen molar-refractivity contribution in [3.05, 3.63) is 0 Å². The third kappa shape index (κ3) is 7.40. The number of carbonyl (C=O) groups excluding carboxylic acids is 1. The summed E-state index contributed by atoms with van der Waals surface area (Å²) in [5.41, 5.74) is 0. The lowest BCUT2D eigenvalue weighted by atomic mass is 10.4. The van der Waals surface area contributed by atoms with Crippen molar-refractivity contribution in [3.8, 4) is 0 Å². The maximum absolute atomic E-state index is 10.6. The highest BCUT2D eigenvalue weighted by molar-refractivity contribution is 7.46. The fourth-order valence-electron chi connectivity index (χ4n) is 0.485. The lowest BCUT2D eigenvalue weighted by molar-refractivity contribution is -0.180. The van der Waals surface area contributed by atoms with Crippen molar-refractivity contribution >= 4 is 13.8 Å². The number of rotatable bonds is 6. The Hall–Kier alpha value is -0.540. The summed E-state index contributed by atoms with van der Waals surface area (Å²) in [5, 5.41) is 25.8. The monoisotopic (exact) mass is 246 g/mol. The molecule has 9 nitrogen and oxygen atoms in total. The van der Waals surface area contributed by atoms with Gasteiger partial charge in [0.05, 0.1) is 13.2 Å². The molecule has 0 saturated carbocycles. The van der Waals surface area contributed by atoms with Crippen LogP contribution in [0.5, 0.6) is 0 Å². The number of phosphoric acid groups is 1. The largest absolute Gasteiger partial charge is 0.527 e. The second-order valence-corrected chi connectivity index (χ2v) is 3.59. The first-order valence-corrected chi connectivity index (χ1v) is 5.17. The molecular weight excluding hydrogens is 235 g/mol. The summed E-state index contributed by atoms with van der Waals surface area (Å²) in [6, 6.07) is 0. The van der Waals surface area contributed by atoms with Crippen molar-refractivity contribution in [1.29, 1.82) is 0 Å². The van der Waals surface area contributed by atoms with Crippen LogP contribution in [0.15, 0.2) is 0 Å². The van der Waals surface area contributed by atoms with E-state index < -0.39 is 39.4 Å². The normalized spacial score (nSPS) is 15.8. The van der Waals surface area contributed by atoms with Gasteiger partial charge in [0.1, 0.15) is 6.10 Å². The van der Waals surface area contributed by atoms with Crippen LogP contribution in [0.3, 0.4) is 0 Å². The van der Waals surface area contributed by atoms with E-state index in [0.717, 1.165) is 0 Å². The summed E-state index contributed by atoms with van der Waals surface area (Å²) in [7, 11) is -5.03. The average Bonchev–Trinajstić information content (AvgIpc) is 2.10. The summed E-state index contributed by atoms with van der Waals surface area (Å²) in [5.74, 6) is -1.69. The number of ether oxygens (including phenoxy) is 1.